The van der Waals surface area contributed by atoms with Crippen LogP contribution in [0.3, 0.4) is 0 Å². The van der Waals surface area contributed by atoms with E-state index in [2.05, 4.69) is 0 Å². The zero-order valence-electron chi connectivity index (χ0n) is 2.23. The van der Waals surface area contributed by atoms with Gasteiger partial charge in [-0.25, -0.2) is 0 Å². The predicted molar refractivity (Wildman–Crippen MR) is 17.5 cm³/mol. The minimum atomic E-state index is 0.542. The van der Waals surface area contributed by atoms with Gasteiger partial charge in [0.1, 0.15) is 0 Å². The Morgan fingerprint density at radius 3 is 2.25 bits per heavy atom. The molecule has 0 radical (unpaired) electrons. The molecule has 1 aliphatic rings. The van der Waals surface area contributed by atoms with Gasteiger partial charge in [-0.15, -0.1) is 0 Å². The Hall–Kier alpha value is -0.265. The molecule has 0 spiro atoms. The van der Waals surface area contributed by atoms with Crippen LogP contribution in [0, 0.1) is 0 Å². The van der Waals surface area contributed by atoms with E-state index in [1.54, 1.807) is 6.92 Å². The van der Waals surface area contributed by atoms with E-state index < -0.39 is 0 Å². The number of aliphatic hydroxyl groups is 1. The molecule has 20 valence electrons. The van der Waals surface area contributed by atoms with E-state index in [0.717, 1.165) is 6.32 Å². The first-order chi connectivity index (χ1) is 1.89. The molecule has 0 aliphatic carbocycles. The van der Waals surface area contributed by atoms with Crippen molar-refractivity contribution < 1.29 is 5.11 Å². The number of rotatable bonds is 0. The van der Waals surface area contributed by atoms with Gasteiger partial charge in [-0.3, -0.25) is 0 Å². The average molecular weight is 53.9 g/mol. The third-order valence-corrected chi connectivity index (χ3v) is 0.387. The molecule has 0 bridgehead atoms. The summed E-state index contributed by atoms with van der Waals surface area (Å²) in [4.78, 5) is 0. The summed E-state index contributed by atoms with van der Waals surface area (Å²) in [6.07, 6.45) is 0.833. The van der Waals surface area contributed by atoms with Crippen molar-refractivity contribution in [3.63, 3.8) is 0 Å². The maximum absolute atomic E-state index is 8.03. The third-order valence-electron chi connectivity index (χ3n) is 0.387. The van der Waals surface area contributed by atoms with Crippen LogP contribution in [0.15, 0.2) is 0 Å². The third kappa shape index (κ3) is 0.125. The Bertz CT molecular complexity index is 57.1. The summed E-state index contributed by atoms with van der Waals surface area (Å²) >= 11 is 0. The molecule has 0 saturated heterocycles. The quantitative estimate of drug-likeness (QED) is 0.374. The van der Waals surface area contributed by atoms with Crippen molar-refractivity contribution in [3.05, 3.63) is 0 Å². The summed E-state index contributed by atoms with van der Waals surface area (Å²) < 4.78 is 0. The van der Waals surface area contributed by atoms with Gasteiger partial charge < -0.3 is 0 Å². The van der Waals surface area contributed by atoms with Gasteiger partial charge in [0.05, 0.1) is 0 Å². The van der Waals surface area contributed by atoms with Gasteiger partial charge in [-0.05, 0) is 0 Å². The predicted octanol–water partition coefficient (Wildman–Crippen LogP) is -0.375. The van der Waals surface area contributed by atoms with E-state index >= 15 is 0 Å². The average Bonchev–Trinajstić information content (AvgIpc) is 1.75. The van der Waals surface area contributed by atoms with Crippen molar-refractivity contribution in [1.29, 1.82) is 0 Å². The van der Waals surface area contributed by atoms with Crippen LogP contribution in [-0.2, 0) is 0 Å². The first-order valence-corrected chi connectivity index (χ1v) is 1.27. The van der Waals surface area contributed by atoms with Gasteiger partial charge >= 0.3 is 24.0 Å². The van der Waals surface area contributed by atoms with Crippen LogP contribution in [-0.4, -0.2) is 17.7 Å². The Morgan fingerprint density at radius 1 is 2.00 bits per heavy atom. The molecule has 0 fully saturated rings. The molecule has 1 nitrogen and oxygen atoms in total. The molecule has 0 aromatic heterocycles. The van der Waals surface area contributed by atoms with Gasteiger partial charge in [0.25, 0.3) is 0 Å². The van der Waals surface area contributed by atoms with Gasteiger partial charge in [-0.2, -0.15) is 0 Å². The summed E-state index contributed by atoms with van der Waals surface area (Å²) in [7, 11) is 0. The van der Waals surface area contributed by atoms with E-state index in [9.17, 15) is 0 Å². The Balaban J connectivity index is 2.54. The molecular formula is C2H3BO. The fraction of sp³-hybridized carbons (Fsp3) is 0.500. The van der Waals surface area contributed by atoms with Crippen molar-refractivity contribution in [3.8, 4) is 0 Å². The van der Waals surface area contributed by atoms with Gasteiger partial charge in [0.15, 0.2) is 0 Å². The topological polar surface area (TPSA) is 20.2 Å². The molecule has 0 unspecified atom stereocenters. The van der Waals surface area contributed by atoms with E-state index in [4.69, 9.17) is 5.11 Å². The monoisotopic (exact) mass is 54.0 g/mol. The van der Waals surface area contributed by atoms with E-state index in [0.29, 0.717) is 5.65 Å². The Kier molecular flexibility index (Phi) is 0.184. The van der Waals surface area contributed by atoms with Crippen molar-refractivity contribution in [2.45, 2.75) is 6.32 Å². The van der Waals surface area contributed by atoms with Crippen LogP contribution >= 0.6 is 0 Å². The molecule has 0 saturated carbocycles. The minimum absolute atomic E-state index is 0.542. The summed E-state index contributed by atoms with van der Waals surface area (Å²) in [5, 5.41) is 8.03. The summed E-state index contributed by atoms with van der Waals surface area (Å²) in [5.41, 5.74) is 0.542. The van der Waals surface area contributed by atoms with Gasteiger partial charge in [0, 0.05) is 0 Å². The van der Waals surface area contributed by atoms with Crippen LogP contribution in [0.2, 0.25) is 6.32 Å². The molecule has 1 N–H and O–H groups in total. The van der Waals surface area contributed by atoms with Crippen LogP contribution in [0.25, 0.3) is 0 Å². The first-order valence-electron chi connectivity index (χ1n) is 1.27. The maximum atomic E-state index is 8.03. The normalized spacial score (nSPS) is 17.5. The van der Waals surface area contributed by atoms with Crippen molar-refractivity contribution in [2.24, 2.45) is 0 Å². The number of hydrogen-bond donors (Lipinski definition) is 1. The van der Waals surface area contributed by atoms with Crippen molar-refractivity contribution in [2.75, 3.05) is 0 Å². The Morgan fingerprint density at radius 2 is 2.25 bits per heavy atom. The molecular weight excluding hydrogens is 50.8 g/mol. The number of hydrogen-bond acceptors (Lipinski definition) is 1. The SMILES string of the molecule is OC1=BC1. The van der Waals surface area contributed by atoms with E-state index in [-0.39, 0.29) is 0 Å². The molecule has 2 heteroatoms. The van der Waals surface area contributed by atoms with Crippen molar-refractivity contribution >= 4 is 12.6 Å². The fourth-order valence-corrected chi connectivity index (χ4v) is 0.0456. The number of aliphatic hydroxyl groups excluding tert-OH is 1. The standard InChI is InChI=1S/C2H3BO/c4-2-1-3-2/h4H,1H2. The van der Waals surface area contributed by atoms with Crippen LogP contribution in [0.5, 0.6) is 0 Å². The summed E-state index contributed by atoms with van der Waals surface area (Å²) in [6, 6.07) is 0. The van der Waals surface area contributed by atoms with Gasteiger partial charge in [0.2, 0.25) is 0 Å². The second kappa shape index (κ2) is 0.367. The zero-order valence-corrected chi connectivity index (χ0v) is 2.23. The second-order valence-corrected chi connectivity index (χ2v) is 0.900. The first kappa shape index (κ1) is 2.00. The fourth-order valence-electron chi connectivity index (χ4n) is 0.0456. The Labute approximate surface area is 25.2 Å². The van der Waals surface area contributed by atoms with E-state index in [1.807, 2.05) is 0 Å². The molecule has 0 amide bonds. The summed E-state index contributed by atoms with van der Waals surface area (Å²) in [6.45, 7) is 1.76. The van der Waals surface area contributed by atoms with Crippen LogP contribution in [0.1, 0.15) is 0 Å². The molecule has 1 aliphatic heterocycles. The van der Waals surface area contributed by atoms with Crippen molar-refractivity contribution in [1.82, 2.24) is 0 Å². The molecule has 4 heavy (non-hydrogen) atoms. The summed E-state index contributed by atoms with van der Waals surface area (Å²) in [5.74, 6) is 0. The second-order valence-electron chi connectivity index (χ2n) is 0.900. The zero-order chi connectivity index (χ0) is 2.99. The van der Waals surface area contributed by atoms with E-state index in [1.165, 1.54) is 0 Å². The molecule has 0 aromatic carbocycles. The molecule has 0 aromatic rings. The van der Waals surface area contributed by atoms with Crippen LogP contribution < -0.4 is 0 Å². The molecule has 1 heterocycles. The van der Waals surface area contributed by atoms with Crippen LogP contribution in [0.4, 0.5) is 0 Å². The molecule has 0 atom stereocenters. The molecule has 1 rings (SSSR count). The van der Waals surface area contributed by atoms with Gasteiger partial charge in [-0.1, -0.05) is 0 Å².